The first kappa shape index (κ1) is 14.5. The second-order valence-corrected chi connectivity index (χ2v) is 6.72. The van der Waals surface area contributed by atoms with Crippen LogP contribution in [0.5, 0.6) is 0 Å². The molecule has 19 heavy (non-hydrogen) atoms. The lowest BCUT2D eigenvalue weighted by Gasteiger charge is -2.05. The molecule has 0 bridgehead atoms. The van der Waals surface area contributed by atoms with Crippen LogP contribution in [0, 0.1) is 0 Å². The largest absolute Gasteiger partial charge is 0.444 e. The molecular weight excluding hydrogens is 266 g/mol. The van der Waals surface area contributed by atoms with Crippen molar-refractivity contribution in [2.75, 3.05) is 12.3 Å². The van der Waals surface area contributed by atoms with Gasteiger partial charge in [-0.1, -0.05) is 6.92 Å². The van der Waals surface area contributed by atoms with Gasteiger partial charge in [-0.05, 0) is 25.8 Å². The van der Waals surface area contributed by atoms with Gasteiger partial charge in [-0.15, -0.1) is 0 Å². The molecule has 0 atom stereocenters. The maximum atomic E-state index is 11.7. The van der Waals surface area contributed by atoms with Crippen molar-refractivity contribution in [3.63, 3.8) is 0 Å². The highest BCUT2D eigenvalue weighted by Gasteiger charge is 2.20. The van der Waals surface area contributed by atoms with Crippen LogP contribution < -0.4 is 10.0 Å². The van der Waals surface area contributed by atoms with Gasteiger partial charge < -0.3 is 9.73 Å². The van der Waals surface area contributed by atoms with Crippen LogP contribution in [-0.4, -0.2) is 31.7 Å². The Bertz CT molecular complexity index is 494. The molecule has 1 aromatic heterocycles. The molecule has 6 nitrogen and oxygen atoms in total. The molecule has 1 aliphatic rings. The first-order valence-corrected chi connectivity index (χ1v) is 8.38. The molecule has 0 aliphatic heterocycles. The van der Waals surface area contributed by atoms with Gasteiger partial charge in [0.15, 0.2) is 0 Å². The summed E-state index contributed by atoms with van der Waals surface area (Å²) in [6.45, 7) is 2.84. The zero-order valence-corrected chi connectivity index (χ0v) is 12.0. The number of aryl methyl sites for hydroxylation is 1. The van der Waals surface area contributed by atoms with E-state index in [4.69, 9.17) is 4.42 Å². The Morgan fingerprint density at radius 1 is 1.47 bits per heavy atom. The zero-order valence-electron chi connectivity index (χ0n) is 11.2. The molecule has 0 amide bonds. The first-order chi connectivity index (χ1) is 9.09. The topological polar surface area (TPSA) is 84.2 Å². The number of nitrogens with one attached hydrogen (secondary N) is 2. The number of nitrogens with zero attached hydrogens (tertiary/aromatic N) is 1. The lowest BCUT2D eigenvalue weighted by molar-refractivity contribution is 0.452. The Labute approximate surface area is 114 Å². The third-order valence-electron chi connectivity index (χ3n) is 2.99. The van der Waals surface area contributed by atoms with E-state index in [0.29, 0.717) is 18.4 Å². The molecule has 2 rings (SSSR count). The van der Waals surface area contributed by atoms with E-state index >= 15 is 0 Å². The van der Waals surface area contributed by atoms with Crippen molar-refractivity contribution in [3.05, 3.63) is 17.8 Å². The van der Waals surface area contributed by atoms with Crippen LogP contribution in [0.2, 0.25) is 0 Å². The second-order valence-electron chi connectivity index (χ2n) is 4.80. The standard InChI is InChI=1S/C12H21N3O3S/c1-2-11-8-14-12(18-11)9-15-19(16,17)7-3-6-13-10-4-5-10/h8,10,13,15H,2-7,9H2,1H3. The molecule has 2 N–H and O–H groups in total. The summed E-state index contributed by atoms with van der Waals surface area (Å²) >= 11 is 0. The molecule has 0 aromatic carbocycles. The minimum atomic E-state index is -3.24. The lowest BCUT2D eigenvalue weighted by Crippen LogP contribution is -2.28. The van der Waals surface area contributed by atoms with E-state index in [-0.39, 0.29) is 12.3 Å². The molecule has 0 radical (unpaired) electrons. The number of aromatic nitrogens is 1. The van der Waals surface area contributed by atoms with Crippen LogP contribution in [-0.2, 0) is 23.0 Å². The van der Waals surface area contributed by atoms with Gasteiger partial charge in [-0.2, -0.15) is 0 Å². The summed E-state index contributed by atoms with van der Waals surface area (Å²) in [5.74, 6) is 1.31. The van der Waals surface area contributed by atoms with Gasteiger partial charge in [0.25, 0.3) is 0 Å². The van der Waals surface area contributed by atoms with Crippen molar-refractivity contribution in [1.82, 2.24) is 15.0 Å². The minimum Gasteiger partial charge on any atom is -0.444 e. The SMILES string of the molecule is CCc1cnc(CNS(=O)(=O)CCCNC2CC2)o1. The third-order valence-corrected chi connectivity index (χ3v) is 4.40. The summed E-state index contributed by atoms with van der Waals surface area (Å²) in [7, 11) is -3.24. The number of rotatable bonds is 9. The number of hydrogen-bond donors (Lipinski definition) is 2. The molecule has 7 heteroatoms. The van der Waals surface area contributed by atoms with E-state index in [9.17, 15) is 8.42 Å². The van der Waals surface area contributed by atoms with Gasteiger partial charge in [0.1, 0.15) is 5.76 Å². The van der Waals surface area contributed by atoms with Gasteiger partial charge in [-0.3, -0.25) is 0 Å². The van der Waals surface area contributed by atoms with Gasteiger partial charge in [0.05, 0.1) is 18.5 Å². The molecule has 1 heterocycles. The molecule has 1 aliphatic carbocycles. The Kier molecular flexibility index (Phi) is 4.95. The fourth-order valence-electron chi connectivity index (χ4n) is 1.69. The summed E-state index contributed by atoms with van der Waals surface area (Å²) < 4.78 is 31.3. The van der Waals surface area contributed by atoms with Crippen LogP contribution in [0.3, 0.4) is 0 Å². The van der Waals surface area contributed by atoms with Gasteiger partial charge >= 0.3 is 0 Å². The minimum absolute atomic E-state index is 0.123. The lowest BCUT2D eigenvalue weighted by atomic mass is 10.4. The van der Waals surface area contributed by atoms with Crippen molar-refractivity contribution < 1.29 is 12.8 Å². The fraction of sp³-hybridized carbons (Fsp3) is 0.750. The monoisotopic (exact) mass is 287 g/mol. The Morgan fingerprint density at radius 2 is 2.26 bits per heavy atom. The predicted molar refractivity (Wildman–Crippen MR) is 72.1 cm³/mol. The van der Waals surface area contributed by atoms with E-state index in [0.717, 1.165) is 18.7 Å². The normalized spacial score (nSPS) is 15.8. The number of sulfonamides is 1. The molecule has 108 valence electrons. The van der Waals surface area contributed by atoms with Crippen LogP contribution in [0.25, 0.3) is 0 Å². The average Bonchev–Trinajstić information content (AvgIpc) is 3.09. The molecule has 1 saturated carbocycles. The van der Waals surface area contributed by atoms with E-state index in [1.807, 2.05) is 6.92 Å². The quantitative estimate of drug-likeness (QED) is 0.656. The molecule has 0 unspecified atom stereocenters. The van der Waals surface area contributed by atoms with Crippen molar-refractivity contribution in [2.24, 2.45) is 0 Å². The zero-order chi connectivity index (χ0) is 13.7. The van der Waals surface area contributed by atoms with Gasteiger partial charge in [-0.25, -0.2) is 18.1 Å². The summed E-state index contributed by atoms with van der Waals surface area (Å²) in [6, 6.07) is 0.621. The van der Waals surface area contributed by atoms with Crippen molar-refractivity contribution in [2.45, 2.75) is 45.2 Å². The number of hydrogen-bond acceptors (Lipinski definition) is 5. The maximum absolute atomic E-state index is 11.7. The van der Waals surface area contributed by atoms with E-state index in [1.54, 1.807) is 6.20 Å². The smallest absolute Gasteiger partial charge is 0.212 e. The van der Waals surface area contributed by atoms with Crippen molar-refractivity contribution in [1.29, 1.82) is 0 Å². The van der Waals surface area contributed by atoms with Crippen LogP contribution in [0.1, 0.15) is 37.8 Å². The van der Waals surface area contributed by atoms with E-state index in [1.165, 1.54) is 12.8 Å². The molecule has 0 spiro atoms. The average molecular weight is 287 g/mol. The molecular formula is C12H21N3O3S. The Hall–Kier alpha value is -0.920. The Morgan fingerprint density at radius 3 is 2.89 bits per heavy atom. The third kappa shape index (κ3) is 5.30. The van der Waals surface area contributed by atoms with Crippen molar-refractivity contribution in [3.8, 4) is 0 Å². The molecule has 0 saturated heterocycles. The first-order valence-electron chi connectivity index (χ1n) is 6.73. The summed E-state index contributed by atoms with van der Waals surface area (Å²) in [5, 5.41) is 3.29. The molecule has 1 fully saturated rings. The van der Waals surface area contributed by atoms with Gasteiger partial charge in [0, 0.05) is 12.5 Å². The summed E-state index contributed by atoms with van der Waals surface area (Å²) in [4.78, 5) is 4.01. The predicted octanol–water partition coefficient (Wildman–Crippen LogP) is 0.798. The highest BCUT2D eigenvalue weighted by molar-refractivity contribution is 7.89. The highest BCUT2D eigenvalue weighted by atomic mass is 32.2. The fourth-order valence-corrected chi connectivity index (χ4v) is 2.71. The van der Waals surface area contributed by atoms with Crippen LogP contribution in [0.4, 0.5) is 0 Å². The van der Waals surface area contributed by atoms with E-state index in [2.05, 4.69) is 15.0 Å². The highest BCUT2D eigenvalue weighted by Crippen LogP contribution is 2.18. The van der Waals surface area contributed by atoms with E-state index < -0.39 is 10.0 Å². The van der Waals surface area contributed by atoms with Crippen LogP contribution in [0.15, 0.2) is 10.6 Å². The molecule has 1 aromatic rings. The van der Waals surface area contributed by atoms with Crippen LogP contribution >= 0.6 is 0 Å². The maximum Gasteiger partial charge on any atom is 0.212 e. The summed E-state index contributed by atoms with van der Waals surface area (Å²) in [6.07, 6.45) is 5.44. The number of oxazole rings is 1. The second kappa shape index (κ2) is 6.49. The summed E-state index contributed by atoms with van der Waals surface area (Å²) in [5.41, 5.74) is 0. The van der Waals surface area contributed by atoms with Crippen molar-refractivity contribution >= 4 is 10.0 Å². The van der Waals surface area contributed by atoms with Gasteiger partial charge in [0.2, 0.25) is 15.9 Å². The Balaban J connectivity index is 1.67.